The highest BCUT2D eigenvalue weighted by Crippen LogP contribution is 2.34. The van der Waals surface area contributed by atoms with E-state index in [1.165, 1.54) is 21.1 Å². The first-order valence-electron chi connectivity index (χ1n) is 11.1. The van der Waals surface area contributed by atoms with Gasteiger partial charge in [-0.15, -0.1) is 0 Å². The van der Waals surface area contributed by atoms with Crippen LogP contribution in [0, 0.1) is 6.92 Å². The van der Waals surface area contributed by atoms with E-state index in [2.05, 4.69) is 85.6 Å². The van der Waals surface area contributed by atoms with Crippen LogP contribution < -0.4 is 20.9 Å². The number of anilines is 2. The zero-order chi connectivity index (χ0) is 21.4. The molecule has 2 aliphatic heterocycles. The largest absolute Gasteiger partial charge is 0.372 e. The Morgan fingerprint density at radius 3 is 2.81 bits per heavy atom. The van der Waals surface area contributed by atoms with Crippen molar-refractivity contribution in [2.75, 3.05) is 29.9 Å². The number of aryl methyl sites for hydroxylation is 1. The zero-order valence-electron chi connectivity index (χ0n) is 18.4. The molecule has 0 aromatic heterocycles. The first-order chi connectivity index (χ1) is 15.2. The van der Waals surface area contributed by atoms with E-state index in [-0.39, 0.29) is 6.04 Å². The fourth-order valence-electron chi connectivity index (χ4n) is 4.38. The van der Waals surface area contributed by atoms with Crippen molar-refractivity contribution in [1.82, 2.24) is 0 Å². The molecule has 0 amide bonds. The normalized spacial score (nSPS) is 18.5. The van der Waals surface area contributed by atoms with Crippen molar-refractivity contribution in [3.8, 4) is 0 Å². The second-order valence-electron chi connectivity index (χ2n) is 8.11. The Bertz CT molecular complexity index is 1230. The van der Waals surface area contributed by atoms with E-state index in [1.807, 2.05) is 11.8 Å². The molecule has 0 bridgehead atoms. The van der Waals surface area contributed by atoms with Crippen molar-refractivity contribution in [1.29, 1.82) is 0 Å². The molecule has 5 heteroatoms. The number of thioether (sulfide) groups is 1. The lowest BCUT2D eigenvalue weighted by molar-refractivity contribution is 0.765. The Balaban J connectivity index is 1.43. The van der Waals surface area contributed by atoms with Gasteiger partial charge in [-0.3, -0.25) is 9.98 Å². The molecule has 3 aliphatic rings. The predicted octanol–water partition coefficient (Wildman–Crippen LogP) is 4.87. The summed E-state index contributed by atoms with van der Waals surface area (Å²) < 4.78 is 0. The van der Waals surface area contributed by atoms with E-state index in [9.17, 15) is 0 Å². The summed E-state index contributed by atoms with van der Waals surface area (Å²) in [6, 6.07) is 11.3. The summed E-state index contributed by atoms with van der Waals surface area (Å²) in [6.45, 7) is 9.25. The van der Waals surface area contributed by atoms with Crippen LogP contribution in [-0.2, 0) is 0 Å². The molecule has 4 nitrogen and oxygen atoms in total. The minimum Gasteiger partial charge on any atom is -0.372 e. The van der Waals surface area contributed by atoms with E-state index in [0.29, 0.717) is 6.54 Å². The van der Waals surface area contributed by atoms with Crippen LogP contribution in [0.3, 0.4) is 0 Å². The van der Waals surface area contributed by atoms with Crippen LogP contribution in [0.15, 0.2) is 74.0 Å². The van der Waals surface area contributed by atoms with Crippen molar-refractivity contribution in [3.05, 3.63) is 81.0 Å². The first-order valence-corrected chi connectivity index (χ1v) is 11.9. The van der Waals surface area contributed by atoms with Crippen molar-refractivity contribution in [2.24, 2.45) is 9.98 Å². The van der Waals surface area contributed by atoms with Gasteiger partial charge in [-0.05, 0) is 63.1 Å². The zero-order valence-corrected chi connectivity index (χ0v) is 19.2. The van der Waals surface area contributed by atoms with Gasteiger partial charge in [0, 0.05) is 45.5 Å². The Labute approximate surface area is 188 Å². The minimum atomic E-state index is 0.250. The van der Waals surface area contributed by atoms with Crippen LogP contribution >= 0.6 is 11.8 Å². The molecule has 0 fully saturated rings. The van der Waals surface area contributed by atoms with Crippen LogP contribution in [0.1, 0.15) is 31.4 Å². The molecule has 0 spiro atoms. The third-order valence-corrected chi connectivity index (χ3v) is 7.31. The third kappa shape index (κ3) is 3.83. The van der Waals surface area contributed by atoms with E-state index in [4.69, 9.17) is 9.98 Å². The predicted molar refractivity (Wildman–Crippen MR) is 131 cm³/mol. The van der Waals surface area contributed by atoms with E-state index in [0.717, 1.165) is 47.2 Å². The smallest absolute Gasteiger partial charge is 0.0979 e. The summed E-state index contributed by atoms with van der Waals surface area (Å²) >= 11 is 1.84. The molecule has 0 saturated carbocycles. The van der Waals surface area contributed by atoms with Crippen molar-refractivity contribution >= 4 is 29.2 Å². The molecule has 2 aromatic rings. The maximum atomic E-state index is 5.06. The molecule has 5 rings (SSSR count). The van der Waals surface area contributed by atoms with Crippen LogP contribution in [0.5, 0.6) is 0 Å². The van der Waals surface area contributed by atoms with Crippen molar-refractivity contribution < 1.29 is 0 Å². The lowest BCUT2D eigenvalue weighted by Crippen LogP contribution is -2.36. The Morgan fingerprint density at radius 2 is 2.00 bits per heavy atom. The van der Waals surface area contributed by atoms with Gasteiger partial charge in [0.2, 0.25) is 0 Å². The van der Waals surface area contributed by atoms with Gasteiger partial charge in [0.25, 0.3) is 0 Å². The molecule has 158 valence electrons. The average Bonchev–Trinajstić information content (AvgIpc) is 2.80. The van der Waals surface area contributed by atoms with Gasteiger partial charge in [0.05, 0.1) is 23.3 Å². The Hall–Kier alpha value is -2.79. The SMILES string of the molecule is CCN(CC)c1ccc(NC2=Cc3ccc4c(c3=NC2)=NC2CC=CC=C2S4)c(C)c1. The summed E-state index contributed by atoms with van der Waals surface area (Å²) in [4.78, 5) is 14.9. The number of hydrogen-bond donors (Lipinski definition) is 1. The van der Waals surface area contributed by atoms with Crippen LogP contribution in [0.25, 0.3) is 6.08 Å². The molecule has 1 aliphatic carbocycles. The molecular formula is C26H28N4S. The highest BCUT2D eigenvalue weighted by molar-refractivity contribution is 8.03. The van der Waals surface area contributed by atoms with Gasteiger partial charge in [-0.2, -0.15) is 0 Å². The van der Waals surface area contributed by atoms with E-state index >= 15 is 0 Å². The second kappa shape index (κ2) is 8.39. The van der Waals surface area contributed by atoms with Gasteiger partial charge in [-0.1, -0.05) is 36.1 Å². The quantitative estimate of drug-likeness (QED) is 0.739. The average molecular weight is 429 g/mol. The molecule has 1 atom stereocenters. The van der Waals surface area contributed by atoms with E-state index < -0.39 is 0 Å². The summed E-state index contributed by atoms with van der Waals surface area (Å²) in [5.41, 5.74) is 5.93. The van der Waals surface area contributed by atoms with Gasteiger partial charge >= 0.3 is 0 Å². The topological polar surface area (TPSA) is 40.0 Å². The molecule has 2 aromatic carbocycles. The lowest BCUT2D eigenvalue weighted by atomic mass is 10.1. The molecule has 0 saturated heterocycles. The van der Waals surface area contributed by atoms with Crippen molar-refractivity contribution in [2.45, 2.75) is 38.1 Å². The van der Waals surface area contributed by atoms with Crippen LogP contribution in [0.2, 0.25) is 0 Å². The lowest BCUT2D eigenvalue weighted by Gasteiger charge is -2.23. The molecule has 0 radical (unpaired) electrons. The maximum Gasteiger partial charge on any atom is 0.0979 e. The maximum absolute atomic E-state index is 5.06. The minimum absolute atomic E-state index is 0.250. The fourth-order valence-corrected chi connectivity index (χ4v) is 5.45. The van der Waals surface area contributed by atoms with Crippen LogP contribution in [-0.4, -0.2) is 25.7 Å². The molecule has 2 heterocycles. The first kappa shape index (κ1) is 20.1. The number of nitrogens with zero attached hydrogens (tertiary/aromatic N) is 3. The number of allylic oxidation sites excluding steroid dienone is 2. The monoisotopic (exact) mass is 428 g/mol. The highest BCUT2D eigenvalue weighted by atomic mass is 32.2. The summed E-state index contributed by atoms with van der Waals surface area (Å²) in [7, 11) is 0. The number of hydrogen-bond acceptors (Lipinski definition) is 5. The van der Waals surface area contributed by atoms with Crippen LogP contribution in [0.4, 0.5) is 11.4 Å². The number of rotatable bonds is 5. The van der Waals surface area contributed by atoms with Gasteiger partial charge in [0.1, 0.15) is 0 Å². The number of benzene rings is 2. The van der Waals surface area contributed by atoms with Gasteiger partial charge in [-0.25, -0.2) is 0 Å². The Morgan fingerprint density at radius 1 is 1.13 bits per heavy atom. The van der Waals surface area contributed by atoms with E-state index in [1.54, 1.807) is 0 Å². The summed E-state index contributed by atoms with van der Waals surface area (Å²) in [6.07, 6.45) is 9.74. The fraction of sp³-hybridized carbons (Fsp3) is 0.308. The highest BCUT2D eigenvalue weighted by Gasteiger charge is 2.22. The summed E-state index contributed by atoms with van der Waals surface area (Å²) in [5, 5.41) is 5.72. The molecule has 1 unspecified atom stereocenters. The standard InChI is InChI=1S/C26H28N4S/c1-4-30(5-2)20-11-12-21(17(3)14-20)28-19-15-18-10-13-24-26(25(18)27-16-19)29-22-8-6-7-9-23(22)31-24/h6-7,9-15,22,28H,4-5,8,16H2,1-3H3. The number of fused-ring (bicyclic) bond motifs is 4. The number of nitrogens with one attached hydrogen (secondary N) is 1. The molecule has 1 N–H and O–H groups in total. The second-order valence-corrected chi connectivity index (χ2v) is 9.23. The van der Waals surface area contributed by atoms with Gasteiger partial charge in [0.15, 0.2) is 0 Å². The third-order valence-electron chi connectivity index (χ3n) is 6.11. The summed E-state index contributed by atoms with van der Waals surface area (Å²) in [5.74, 6) is 0. The molecular weight excluding hydrogens is 400 g/mol. The van der Waals surface area contributed by atoms with Crippen molar-refractivity contribution in [3.63, 3.8) is 0 Å². The molecule has 31 heavy (non-hydrogen) atoms. The Kier molecular flexibility index (Phi) is 5.45. The van der Waals surface area contributed by atoms with Gasteiger partial charge < -0.3 is 10.2 Å².